The molecule has 0 spiro atoms. The molecule has 6 nitrogen and oxygen atoms in total. The first-order chi connectivity index (χ1) is 8.67. The lowest BCUT2D eigenvalue weighted by molar-refractivity contribution is 0.401. The highest BCUT2D eigenvalue weighted by atomic mass is 32.2. The van der Waals surface area contributed by atoms with Gasteiger partial charge in [0.05, 0.1) is 7.11 Å². The Kier molecular flexibility index (Phi) is 3.90. The van der Waals surface area contributed by atoms with E-state index in [1.165, 1.54) is 6.33 Å². The van der Waals surface area contributed by atoms with E-state index in [2.05, 4.69) is 28.1 Å². The molecule has 7 heteroatoms. The molecule has 0 saturated heterocycles. The van der Waals surface area contributed by atoms with Crippen LogP contribution in [0.15, 0.2) is 6.33 Å². The molecule has 2 rings (SSSR count). The van der Waals surface area contributed by atoms with Crippen molar-refractivity contribution in [2.75, 3.05) is 19.1 Å². The van der Waals surface area contributed by atoms with Crippen LogP contribution in [0.2, 0.25) is 0 Å². The summed E-state index contributed by atoms with van der Waals surface area (Å²) in [5.74, 6) is 0.917. The van der Waals surface area contributed by atoms with Gasteiger partial charge in [-0.25, -0.2) is 9.97 Å². The van der Waals surface area contributed by atoms with Gasteiger partial charge in [-0.15, -0.1) is 0 Å². The van der Waals surface area contributed by atoms with Crippen molar-refractivity contribution in [1.29, 1.82) is 0 Å². The number of hydrogen-bond acceptors (Lipinski definition) is 6. The summed E-state index contributed by atoms with van der Waals surface area (Å²) in [4.78, 5) is 12.5. The molecule has 98 valence electrons. The molecule has 0 saturated carbocycles. The van der Waals surface area contributed by atoms with E-state index in [-0.39, 0.29) is 0 Å². The van der Waals surface area contributed by atoms with E-state index in [1.807, 2.05) is 16.3 Å². The molecule has 0 bridgehead atoms. The first kappa shape index (κ1) is 12.9. The number of anilines is 1. The van der Waals surface area contributed by atoms with Crippen LogP contribution in [0.25, 0.3) is 11.2 Å². The Bertz CT molecular complexity index is 541. The van der Waals surface area contributed by atoms with Gasteiger partial charge in [0.15, 0.2) is 11.2 Å². The van der Waals surface area contributed by atoms with Crippen LogP contribution in [-0.2, 0) is 6.54 Å². The number of rotatable bonds is 5. The number of ether oxygens (including phenoxy) is 1. The predicted molar refractivity (Wildman–Crippen MR) is 73.9 cm³/mol. The van der Waals surface area contributed by atoms with Crippen molar-refractivity contribution in [3.8, 4) is 5.88 Å². The third kappa shape index (κ3) is 2.35. The van der Waals surface area contributed by atoms with Crippen molar-refractivity contribution >= 4 is 28.9 Å². The largest absolute Gasteiger partial charge is 0.479 e. The fourth-order valence-corrected chi connectivity index (χ4v) is 2.07. The highest BCUT2D eigenvalue weighted by Crippen LogP contribution is 2.23. The van der Waals surface area contributed by atoms with Crippen LogP contribution >= 0.6 is 11.8 Å². The Labute approximate surface area is 110 Å². The zero-order chi connectivity index (χ0) is 13.1. The van der Waals surface area contributed by atoms with Crippen LogP contribution in [0.5, 0.6) is 5.88 Å². The summed E-state index contributed by atoms with van der Waals surface area (Å²) in [5, 5.41) is 0.575. The number of methoxy groups -OCH3 is 1. The minimum absolute atomic E-state index is 0.456. The monoisotopic (exact) mass is 267 g/mol. The minimum Gasteiger partial charge on any atom is -0.479 e. The first-order valence-corrected chi connectivity index (χ1v) is 6.99. The summed E-state index contributed by atoms with van der Waals surface area (Å²) in [7, 11) is 1.56. The lowest BCUT2D eigenvalue weighted by atomic mass is 10.3. The molecule has 2 aromatic rings. The quantitative estimate of drug-likeness (QED) is 0.885. The molecular weight excluding hydrogens is 250 g/mol. The molecule has 18 heavy (non-hydrogen) atoms. The summed E-state index contributed by atoms with van der Waals surface area (Å²) >= 11 is 1.83. The van der Waals surface area contributed by atoms with Crippen LogP contribution in [0.3, 0.4) is 0 Å². The molecule has 0 aliphatic heterocycles. The average molecular weight is 267 g/mol. The number of nitrogens with zero attached hydrogens (tertiary/aromatic N) is 4. The maximum Gasteiger partial charge on any atom is 0.245 e. The van der Waals surface area contributed by atoms with Gasteiger partial charge < -0.3 is 10.5 Å². The molecule has 2 aromatic heterocycles. The molecule has 1 unspecified atom stereocenters. The maximum absolute atomic E-state index is 5.93. The molecule has 0 amide bonds. The third-order valence-corrected chi connectivity index (χ3v) is 3.92. The number of imidazole rings is 1. The van der Waals surface area contributed by atoms with E-state index < -0.39 is 0 Å². The van der Waals surface area contributed by atoms with Crippen molar-refractivity contribution < 1.29 is 4.74 Å². The number of aromatic nitrogens is 4. The summed E-state index contributed by atoms with van der Waals surface area (Å²) < 4.78 is 7.06. The summed E-state index contributed by atoms with van der Waals surface area (Å²) in [6.07, 6.45) is 4.59. The van der Waals surface area contributed by atoms with Gasteiger partial charge in [-0.3, -0.25) is 4.57 Å². The second kappa shape index (κ2) is 5.43. The van der Waals surface area contributed by atoms with Gasteiger partial charge in [0, 0.05) is 11.8 Å². The fourth-order valence-electron chi connectivity index (χ4n) is 1.73. The minimum atomic E-state index is 0.456. The number of fused-ring (bicyclic) bond motifs is 1. The lowest BCUT2D eigenvalue weighted by Gasteiger charge is -2.09. The van der Waals surface area contributed by atoms with Gasteiger partial charge in [0.2, 0.25) is 11.8 Å². The van der Waals surface area contributed by atoms with Crippen molar-refractivity contribution in [3.05, 3.63) is 6.33 Å². The van der Waals surface area contributed by atoms with Crippen molar-refractivity contribution in [1.82, 2.24) is 19.5 Å². The van der Waals surface area contributed by atoms with Gasteiger partial charge in [0.1, 0.15) is 6.33 Å². The van der Waals surface area contributed by atoms with Crippen molar-refractivity contribution in [2.45, 2.75) is 25.1 Å². The van der Waals surface area contributed by atoms with E-state index in [4.69, 9.17) is 10.5 Å². The second-order valence-electron chi connectivity index (χ2n) is 4.01. The van der Waals surface area contributed by atoms with Crippen LogP contribution < -0.4 is 10.5 Å². The molecule has 2 N–H and O–H groups in total. The lowest BCUT2D eigenvalue weighted by Crippen LogP contribution is -2.08. The summed E-state index contributed by atoms with van der Waals surface area (Å²) in [6.45, 7) is 2.99. The fraction of sp³-hybridized carbons (Fsp3) is 0.545. The van der Waals surface area contributed by atoms with Gasteiger partial charge in [-0.1, -0.05) is 6.92 Å². The zero-order valence-electron chi connectivity index (χ0n) is 10.8. The highest BCUT2D eigenvalue weighted by Gasteiger charge is 2.14. The Morgan fingerprint density at radius 2 is 2.28 bits per heavy atom. The highest BCUT2D eigenvalue weighted by molar-refractivity contribution is 7.99. The summed E-state index contributed by atoms with van der Waals surface area (Å²) in [5.41, 5.74) is 7.28. The Balaban J connectivity index is 2.35. The SMILES string of the molecule is COc1ncnc2c1nc(N)n2CCC(C)SC. The van der Waals surface area contributed by atoms with E-state index in [0.717, 1.165) is 18.6 Å². The molecule has 0 fully saturated rings. The van der Waals surface area contributed by atoms with Crippen LogP contribution in [0, 0.1) is 0 Å². The maximum atomic E-state index is 5.93. The van der Waals surface area contributed by atoms with E-state index in [1.54, 1.807) is 7.11 Å². The smallest absolute Gasteiger partial charge is 0.245 e. The van der Waals surface area contributed by atoms with Crippen molar-refractivity contribution in [2.24, 2.45) is 0 Å². The Hall–Kier alpha value is -1.50. The average Bonchev–Trinajstić information content (AvgIpc) is 2.71. The van der Waals surface area contributed by atoms with E-state index >= 15 is 0 Å². The Morgan fingerprint density at radius 3 is 2.94 bits per heavy atom. The summed E-state index contributed by atoms with van der Waals surface area (Å²) in [6, 6.07) is 0. The zero-order valence-corrected chi connectivity index (χ0v) is 11.6. The molecule has 0 aliphatic carbocycles. The van der Waals surface area contributed by atoms with Crippen LogP contribution in [0.4, 0.5) is 5.95 Å². The molecule has 1 atom stereocenters. The number of aryl methyl sites for hydroxylation is 1. The topological polar surface area (TPSA) is 78.8 Å². The molecule has 0 aliphatic rings. The van der Waals surface area contributed by atoms with Crippen molar-refractivity contribution in [3.63, 3.8) is 0 Å². The molecule has 0 radical (unpaired) electrons. The van der Waals surface area contributed by atoms with Gasteiger partial charge in [0.25, 0.3) is 0 Å². The predicted octanol–water partition coefficient (Wildman–Crippen LogP) is 1.56. The number of thioether (sulfide) groups is 1. The third-order valence-electron chi connectivity index (χ3n) is 2.88. The Morgan fingerprint density at radius 1 is 1.50 bits per heavy atom. The first-order valence-electron chi connectivity index (χ1n) is 5.70. The molecule has 2 heterocycles. The second-order valence-corrected chi connectivity index (χ2v) is 5.29. The van der Waals surface area contributed by atoms with E-state index in [0.29, 0.717) is 22.6 Å². The van der Waals surface area contributed by atoms with Gasteiger partial charge >= 0.3 is 0 Å². The normalized spacial score (nSPS) is 12.8. The van der Waals surface area contributed by atoms with Gasteiger partial charge in [-0.05, 0) is 12.7 Å². The van der Waals surface area contributed by atoms with E-state index in [9.17, 15) is 0 Å². The number of hydrogen-bond donors (Lipinski definition) is 1. The van der Waals surface area contributed by atoms with Crippen LogP contribution in [-0.4, -0.2) is 38.1 Å². The molecular formula is C11H17N5OS. The number of nitrogen functional groups attached to an aromatic ring is 1. The van der Waals surface area contributed by atoms with Gasteiger partial charge in [-0.2, -0.15) is 16.7 Å². The molecule has 0 aromatic carbocycles. The standard InChI is InChI=1S/C11H17N5OS/c1-7(18-3)4-5-16-9-8(15-11(16)12)10(17-2)14-6-13-9/h6-7H,4-5H2,1-3H3,(H2,12,15). The van der Waals surface area contributed by atoms with Crippen LogP contribution in [0.1, 0.15) is 13.3 Å². The number of nitrogens with two attached hydrogens (primary N) is 1.